The smallest absolute Gasteiger partial charge is 0.338 e. The summed E-state index contributed by atoms with van der Waals surface area (Å²) in [7, 11) is 1.40. The summed E-state index contributed by atoms with van der Waals surface area (Å²) < 4.78 is 10.9. The van der Waals surface area contributed by atoms with Crippen LogP contribution in [-0.4, -0.2) is 46.7 Å². The van der Waals surface area contributed by atoms with Gasteiger partial charge in [-0.15, -0.1) is 0 Å². The van der Waals surface area contributed by atoms with Crippen molar-refractivity contribution < 1.29 is 29.6 Å². The molecule has 0 spiro atoms. The van der Waals surface area contributed by atoms with Crippen molar-refractivity contribution in [1.29, 1.82) is 0 Å². The van der Waals surface area contributed by atoms with Gasteiger partial charge in [0.05, 0.1) is 18.8 Å². The number of allylic oxidation sites excluding steroid dienone is 1. The lowest BCUT2D eigenvalue weighted by Gasteiger charge is -2.37. The lowest BCUT2D eigenvalue weighted by molar-refractivity contribution is -0.0707. The van der Waals surface area contributed by atoms with E-state index in [0.717, 1.165) is 5.57 Å². The number of aliphatic hydroxyl groups excluding tert-OH is 2. The molecule has 2 rings (SSSR count). The van der Waals surface area contributed by atoms with E-state index in [1.807, 2.05) is 20.8 Å². The van der Waals surface area contributed by atoms with E-state index >= 15 is 0 Å². The number of carbonyl (C=O) groups is 1. The Morgan fingerprint density at radius 3 is 2.59 bits per heavy atom. The van der Waals surface area contributed by atoms with E-state index in [0.29, 0.717) is 24.8 Å². The maximum Gasteiger partial charge on any atom is 0.338 e. The highest BCUT2D eigenvalue weighted by Gasteiger charge is 2.38. The molecule has 0 bridgehead atoms. The van der Waals surface area contributed by atoms with Gasteiger partial charge in [0.2, 0.25) is 0 Å². The van der Waals surface area contributed by atoms with Gasteiger partial charge in [0.1, 0.15) is 12.2 Å². The van der Waals surface area contributed by atoms with E-state index in [-0.39, 0.29) is 23.0 Å². The fourth-order valence-electron chi connectivity index (χ4n) is 3.81. The number of hydrogen-bond donors (Lipinski definition) is 3. The molecule has 3 N–H and O–H groups in total. The number of esters is 1. The number of aliphatic hydroxyl groups is 2. The molecule has 0 amide bonds. The molecule has 0 aromatic heterocycles. The van der Waals surface area contributed by atoms with Gasteiger partial charge in [-0.2, -0.15) is 0 Å². The predicted molar refractivity (Wildman–Crippen MR) is 111 cm³/mol. The molecule has 160 valence electrons. The van der Waals surface area contributed by atoms with Gasteiger partial charge in [-0.05, 0) is 49.5 Å². The Labute approximate surface area is 172 Å². The topological polar surface area (TPSA) is 96.2 Å². The molecule has 0 saturated carbocycles. The molecule has 4 atom stereocenters. The average molecular weight is 405 g/mol. The normalized spacial score (nSPS) is 26.0. The predicted octanol–water partition coefficient (Wildman–Crippen LogP) is 3.61. The van der Waals surface area contributed by atoms with Crippen molar-refractivity contribution in [1.82, 2.24) is 0 Å². The van der Waals surface area contributed by atoms with Gasteiger partial charge >= 0.3 is 5.97 Å². The number of hydrogen-bond acceptors (Lipinski definition) is 6. The number of ether oxygens (including phenoxy) is 2. The molecule has 0 saturated heterocycles. The van der Waals surface area contributed by atoms with Crippen LogP contribution in [0.1, 0.15) is 50.4 Å². The molecule has 1 aliphatic carbocycles. The molecular weight excluding hydrogens is 372 g/mol. The highest BCUT2D eigenvalue weighted by molar-refractivity contribution is 5.90. The van der Waals surface area contributed by atoms with Crippen LogP contribution in [0.2, 0.25) is 0 Å². The van der Waals surface area contributed by atoms with Crippen LogP contribution in [-0.2, 0) is 4.74 Å². The number of phenols is 1. The van der Waals surface area contributed by atoms with E-state index in [1.54, 1.807) is 0 Å². The second-order valence-corrected chi connectivity index (χ2v) is 8.04. The zero-order chi connectivity index (χ0) is 21.7. The minimum Gasteiger partial charge on any atom is -0.504 e. The molecule has 29 heavy (non-hydrogen) atoms. The zero-order valence-electron chi connectivity index (χ0n) is 17.6. The molecule has 1 aliphatic rings. The summed E-state index contributed by atoms with van der Waals surface area (Å²) in [4.78, 5) is 12.8. The Hall–Kier alpha value is -2.31. The SMILES string of the molecule is C=C1CCC=C(C)CC(OC(=O)c2ccc(O)c(OC)c2)C(C(C)C)C(O)C1O. The van der Waals surface area contributed by atoms with Gasteiger partial charge in [-0.3, -0.25) is 0 Å². The van der Waals surface area contributed by atoms with Gasteiger partial charge < -0.3 is 24.8 Å². The summed E-state index contributed by atoms with van der Waals surface area (Å²) in [5, 5.41) is 31.2. The first-order valence-electron chi connectivity index (χ1n) is 9.93. The van der Waals surface area contributed by atoms with E-state index in [9.17, 15) is 20.1 Å². The summed E-state index contributed by atoms with van der Waals surface area (Å²) in [5.74, 6) is -1.01. The van der Waals surface area contributed by atoms with Gasteiger partial charge in [-0.25, -0.2) is 4.79 Å². The second kappa shape index (κ2) is 9.94. The van der Waals surface area contributed by atoms with E-state index < -0.39 is 30.2 Å². The first-order chi connectivity index (χ1) is 13.6. The summed E-state index contributed by atoms with van der Waals surface area (Å²) in [6.07, 6.45) is 1.01. The molecule has 1 aromatic carbocycles. The van der Waals surface area contributed by atoms with Crippen LogP contribution in [0, 0.1) is 11.8 Å². The Bertz CT molecular complexity index is 767. The zero-order valence-corrected chi connectivity index (χ0v) is 17.6. The largest absolute Gasteiger partial charge is 0.504 e. The van der Waals surface area contributed by atoms with Crippen molar-refractivity contribution in [3.63, 3.8) is 0 Å². The van der Waals surface area contributed by atoms with E-state index in [1.165, 1.54) is 25.3 Å². The maximum atomic E-state index is 12.8. The third-order valence-electron chi connectivity index (χ3n) is 5.49. The van der Waals surface area contributed by atoms with Crippen molar-refractivity contribution in [2.45, 2.75) is 58.3 Å². The summed E-state index contributed by atoms with van der Waals surface area (Å²) in [6, 6.07) is 4.25. The molecule has 4 unspecified atom stereocenters. The molecule has 0 aliphatic heterocycles. The Morgan fingerprint density at radius 1 is 1.28 bits per heavy atom. The molecule has 0 radical (unpaired) electrons. The van der Waals surface area contributed by atoms with Crippen molar-refractivity contribution in [2.24, 2.45) is 11.8 Å². The number of carbonyl (C=O) groups excluding carboxylic acids is 1. The minimum absolute atomic E-state index is 0.0492. The molecule has 6 heteroatoms. The number of aromatic hydroxyl groups is 1. The fraction of sp³-hybridized carbons (Fsp3) is 0.522. The first kappa shape index (κ1) is 23.0. The molecule has 0 heterocycles. The van der Waals surface area contributed by atoms with Crippen LogP contribution in [0.15, 0.2) is 42.0 Å². The van der Waals surface area contributed by atoms with Crippen molar-refractivity contribution in [3.05, 3.63) is 47.6 Å². The van der Waals surface area contributed by atoms with E-state index in [4.69, 9.17) is 9.47 Å². The maximum absolute atomic E-state index is 12.8. The highest BCUT2D eigenvalue weighted by atomic mass is 16.5. The summed E-state index contributed by atoms with van der Waals surface area (Å²) in [6.45, 7) is 9.74. The van der Waals surface area contributed by atoms with Crippen LogP contribution in [0.4, 0.5) is 0 Å². The van der Waals surface area contributed by atoms with Crippen LogP contribution < -0.4 is 4.74 Å². The standard InChI is InChI=1S/C23H32O6/c1-13(2)20-19(11-14(3)7-6-8-15(4)21(25)22(20)26)29-23(27)16-9-10-17(24)18(12-16)28-5/h7,9-10,12-13,19-22,24-26H,4,6,8,11H2,1-3,5H3. The van der Waals surface area contributed by atoms with Crippen LogP contribution in [0.3, 0.4) is 0 Å². The van der Waals surface area contributed by atoms with Crippen LogP contribution >= 0.6 is 0 Å². The lowest BCUT2D eigenvalue weighted by Crippen LogP contribution is -2.45. The Balaban J connectivity index is 2.37. The Morgan fingerprint density at radius 2 is 1.97 bits per heavy atom. The van der Waals surface area contributed by atoms with E-state index in [2.05, 4.69) is 12.7 Å². The third-order valence-corrected chi connectivity index (χ3v) is 5.49. The average Bonchev–Trinajstić information content (AvgIpc) is 2.66. The first-order valence-corrected chi connectivity index (χ1v) is 9.93. The summed E-state index contributed by atoms with van der Waals surface area (Å²) in [5.41, 5.74) is 1.86. The van der Waals surface area contributed by atoms with Crippen LogP contribution in [0.5, 0.6) is 11.5 Å². The van der Waals surface area contributed by atoms with Gasteiger partial charge in [0, 0.05) is 12.3 Å². The monoisotopic (exact) mass is 404 g/mol. The van der Waals surface area contributed by atoms with Crippen LogP contribution in [0.25, 0.3) is 0 Å². The van der Waals surface area contributed by atoms with Crippen molar-refractivity contribution in [3.8, 4) is 11.5 Å². The molecular formula is C23H32O6. The Kier molecular flexibility index (Phi) is 7.88. The highest BCUT2D eigenvalue weighted by Crippen LogP contribution is 2.33. The van der Waals surface area contributed by atoms with Crippen molar-refractivity contribution in [2.75, 3.05) is 7.11 Å². The van der Waals surface area contributed by atoms with Gasteiger partial charge in [0.25, 0.3) is 0 Å². The number of phenolic OH excluding ortho intramolecular Hbond substituents is 1. The molecule has 1 aromatic rings. The summed E-state index contributed by atoms with van der Waals surface area (Å²) >= 11 is 0. The molecule has 0 fully saturated rings. The number of methoxy groups -OCH3 is 1. The van der Waals surface area contributed by atoms with Crippen molar-refractivity contribution >= 4 is 5.97 Å². The third kappa shape index (κ3) is 5.61. The molecule has 6 nitrogen and oxygen atoms in total. The second-order valence-electron chi connectivity index (χ2n) is 8.04. The lowest BCUT2D eigenvalue weighted by atomic mass is 9.78. The van der Waals surface area contributed by atoms with Gasteiger partial charge in [-0.1, -0.05) is 32.1 Å². The quantitative estimate of drug-likeness (QED) is 0.524. The fourth-order valence-corrected chi connectivity index (χ4v) is 3.81. The number of benzene rings is 1. The minimum atomic E-state index is -1.10. The number of rotatable bonds is 4. The van der Waals surface area contributed by atoms with Gasteiger partial charge in [0.15, 0.2) is 11.5 Å².